The zero-order chi connectivity index (χ0) is 11.7. The van der Waals surface area contributed by atoms with Crippen molar-refractivity contribution in [2.45, 2.75) is 25.0 Å². The average molecular weight is 236 g/mol. The highest BCUT2D eigenvalue weighted by atomic mass is 16.5. The molecule has 0 aromatic heterocycles. The lowest BCUT2D eigenvalue weighted by atomic mass is 10.1. The summed E-state index contributed by atoms with van der Waals surface area (Å²) < 4.78 is 16.5. The van der Waals surface area contributed by atoms with Gasteiger partial charge >= 0.3 is 0 Å². The van der Waals surface area contributed by atoms with E-state index in [-0.39, 0.29) is 6.10 Å². The molecule has 2 aliphatic rings. The van der Waals surface area contributed by atoms with Crippen molar-refractivity contribution in [2.75, 3.05) is 19.8 Å². The maximum atomic E-state index is 9.61. The molecular weight excluding hydrogens is 220 g/mol. The molecule has 4 heteroatoms. The van der Waals surface area contributed by atoms with Gasteiger partial charge in [0.15, 0.2) is 0 Å². The molecule has 0 aliphatic carbocycles. The maximum Gasteiger partial charge on any atom is 0.129 e. The van der Waals surface area contributed by atoms with Gasteiger partial charge in [-0.2, -0.15) is 0 Å². The highest BCUT2D eigenvalue weighted by Crippen LogP contribution is 2.35. The third kappa shape index (κ3) is 2.23. The zero-order valence-corrected chi connectivity index (χ0v) is 9.59. The van der Waals surface area contributed by atoms with Crippen LogP contribution >= 0.6 is 0 Å². The first-order valence-corrected chi connectivity index (χ1v) is 6.02. The molecule has 2 aliphatic heterocycles. The van der Waals surface area contributed by atoms with Gasteiger partial charge in [-0.05, 0) is 12.1 Å². The van der Waals surface area contributed by atoms with Crippen LogP contribution in [0.2, 0.25) is 0 Å². The molecule has 1 atom stereocenters. The summed E-state index contributed by atoms with van der Waals surface area (Å²) in [7, 11) is 0. The van der Waals surface area contributed by atoms with Crippen LogP contribution in [0.15, 0.2) is 18.2 Å². The van der Waals surface area contributed by atoms with Crippen LogP contribution in [-0.4, -0.2) is 31.0 Å². The minimum Gasteiger partial charge on any atom is -0.490 e. The molecule has 2 heterocycles. The minimum atomic E-state index is -0.498. The number of rotatable bonds is 2. The third-order valence-electron chi connectivity index (χ3n) is 3.21. The molecule has 92 valence electrons. The van der Waals surface area contributed by atoms with Gasteiger partial charge in [-0.1, -0.05) is 0 Å². The quantitative estimate of drug-likeness (QED) is 0.848. The summed E-state index contributed by atoms with van der Waals surface area (Å²) in [6, 6.07) is 5.63. The van der Waals surface area contributed by atoms with Gasteiger partial charge in [0.1, 0.15) is 30.3 Å². The second kappa shape index (κ2) is 4.55. The molecule has 0 radical (unpaired) electrons. The summed E-state index contributed by atoms with van der Waals surface area (Å²) in [5, 5.41) is 9.61. The van der Waals surface area contributed by atoms with E-state index in [1.807, 2.05) is 18.2 Å². The monoisotopic (exact) mass is 236 g/mol. The summed E-state index contributed by atoms with van der Waals surface area (Å²) >= 11 is 0. The Morgan fingerprint density at radius 3 is 2.88 bits per heavy atom. The number of fused-ring (bicyclic) bond motifs is 1. The number of aliphatic hydroxyl groups excluding tert-OH is 1. The van der Waals surface area contributed by atoms with Crippen LogP contribution in [0.1, 0.15) is 24.5 Å². The Balaban J connectivity index is 1.71. The summed E-state index contributed by atoms with van der Waals surface area (Å²) in [6.45, 7) is 1.88. The normalized spacial score (nSPS) is 24.2. The number of aliphatic hydroxyl groups is 1. The lowest BCUT2D eigenvalue weighted by molar-refractivity contribution is 0.0255. The predicted octanol–water partition coefficient (Wildman–Crippen LogP) is 1.67. The van der Waals surface area contributed by atoms with Gasteiger partial charge in [0.25, 0.3) is 0 Å². The molecule has 4 nitrogen and oxygen atoms in total. The first kappa shape index (κ1) is 10.9. The van der Waals surface area contributed by atoms with Crippen LogP contribution in [0.25, 0.3) is 0 Å². The summed E-state index contributed by atoms with van der Waals surface area (Å²) in [5.41, 5.74) is 0.851. The standard InChI is InChI=1S/C13H16O4/c14-12-8-16-13-7-10(1-2-11(12)13)17-9-3-5-15-6-4-9/h1-2,7,9,12,14H,3-6,8H2. The fourth-order valence-corrected chi connectivity index (χ4v) is 2.23. The van der Waals surface area contributed by atoms with E-state index < -0.39 is 6.10 Å². The lowest BCUT2D eigenvalue weighted by Gasteiger charge is -2.23. The zero-order valence-electron chi connectivity index (χ0n) is 9.59. The Labute approximate surface area is 100 Å². The van der Waals surface area contributed by atoms with Crippen LogP contribution in [0.5, 0.6) is 11.5 Å². The number of hydrogen-bond acceptors (Lipinski definition) is 4. The van der Waals surface area contributed by atoms with E-state index in [0.29, 0.717) is 6.61 Å². The maximum absolute atomic E-state index is 9.61. The third-order valence-corrected chi connectivity index (χ3v) is 3.21. The fraction of sp³-hybridized carbons (Fsp3) is 0.538. The van der Waals surface area contributed by atoms with Gasteiger partial charge < -0.3 is 19.3 Å². The molecule has 0 spiro atoms. The Kier molecular flexibility index (Phi) is 2.91. The van der Waals surface area contributed by atoms with Crippen molar-refractivity contribution in [3.8, 4) is 11.5 Å². The fourth-order valence-electron chi connectivity index (χ4n) is 2.23. The number of hydrogen-bond donors (Lipinski definition) is 1. The van der Waals surface area contributed by atoms with Gasteiger partial charge in [0, 0.05) is 24.5 Å². The highest BCUT2D eigenvalue weighted by Gasteiger charge is 2.23. The van der Waals surface area contributed by atoms with Gasteiger partial charge in [0.05, 0.1) is 13.2 Å². The molecule has 1 unspecified atom stereocenters. The van der Waals surface area contributed by atoms with E-state index in [1.165, 1.54) is 0 Å². The van der Waals surface area contributed by atoms with Crippen molar-refractivity contribution in [3.05, 3.63) is 23.8 Å². The first-order chi connectivity index (χ1) is 8.33. The molecule has 0 saturated carbocycles. The highest BCUT2D eigenvalue weighted by molar-refractivity contribution is 5.44. The van der Waals surface area contributed by atoms with Crippen LogP contribution < -0.4 is 9.47 Å². The lowest BCUT2D eigenvalue weighted by Crippen LogP contribution is -2.25. The molecule has 1 aromatic carbocycles. The van der Waals surface area contributed by atoms with Crippen molar-refractivity contribution >= 4 is 0 Å². The molecule has 1 saturated heterocycles. The average Bonchev–Trinajstić information content (AvgIpc) is 2.72. The van der Waals surface area contributed by atoms with Crippen molar-refractivity contribution in [3.63, 3.8) is 0 Å². The first-order valence-electron chi connectivity index (χ1n) is 6.02. The summed E-state index contributed by atoms with van der Waals surface area (Å²) in [4.78, 5) is 0. The Morgan fingerprint density at radius 1 is 1.24 bits per heavy atom. The van der Waals surface area contributed by atoms with E-state index in [2.05, 4.69) is 0 Å². The van der Waals surface area contributed by atoms with E-state index in [9.17, 15) is 5.11 Å². The van der Waals surface area contributed by atoms with Gasteiger partial charge in [-0.15, -0.1) is 0 Å². The second-order valence-electron chi connectivity index (χ2n) is 4.46. The van der Waals surface area contributed by atoms with Crippen LogP contribution in [0, 0.1) is 0 Å². The molecular formula is C13H16O4. The van der Waals surface area contributed by atoms with Crippen molar-refractivity contribution in [2.24, 2.45) is 0 Å². The van der Waals surface area contributed by atoms with Crippen LogP contribution in [0.3, 0.4) is 0 Å². The topological polar surface area (TPSA) is 47.9 Å². The predicted molar refractivity (Wildman–Crippen MR) is 61.4 cm³/mol. The Hall–Kier alpha value is -1.26. The van der Waals surface area contributed by atoms with E-state index in [1.54, 1.807) is 0 Å². The molecule has 1 aromatic rings. The largest absolute Gasteiger partial charge is 0.490 e. The van der Waals surface area contributed by atoms with Crippen LogP contribution in [0.4, 0.5) is 0 Å². The molecule has 1 fully saturated rings. The van der Waals surface area contributed by atoms with Crippen molar-refractivity contribution in [1.29, 1.82) is 0 Å². The van der Waals surface area contributed by atoms with Crippen LogP contribution in [-0.2, 0) is 4.74 Å². The van der Waals surface area contributed by atoms with E-state index in [4.69, 9.17) is 14.2 Å². The second-order valence-corrected chi connectivity index (χ2v) is 4.46. The molecule has 17 heavy (non-hydrogen) atoms. The smallest absolute Gasteiger partial charge is 0.129 e. The van der Waals surface area contributed by atoms with Gasteiger partial charge in [-0.25, -0.2) is 0 Å². The SMILES string of the molecule is OC1COc2cc(OC3CCOCC3)ccc21. The summed E-state index contributed by atoms with van der Waals surface area (Å²) in [6.07, 6.45) is 1.59. The van der Waals surface area contributed by atoms with E-state index in [0.717, 1.165) is 43.1 Å². The Morgan fingerprint density at radius 2 is 2.06 bits per heavy atom. The molecule has 0 bridgehead atoms. The summed E-state index contributed by atoms with van der Waals surface area (Å²) in [5.74, 6) is 1.55. The molecule has 3 rings (SSSR count). The number of benzene rings is 1. The van der Waals surface area contributed by atoms with Crippen molar-refractivity contribution < 1.29 is 19.3 Å². The molecule has 0 amide bonds. The Bertz CT molecular complexity index is 398. The minimum absolute atomic E-state index is 0.230. The van der Waals surface area contributed by atoms with Gasteiger partial charge in [0.2, 0.25) is 0 Å². The van der Waals surface area contributed by atoms with E-state index >= 15 is 0 Å². The van der Waals surface area contributed by atoms with Gasteiger partial charge in [-0.3, -0.25) is 0 Å². The van der Waals surface area contributed by atoms with Crippen molar-refractivity contribution in [1.82, 2.24) is 0 Å². The number of ether oxygens (including phenoxy) is 3. The molecule has 1 N–H and O–H groups in total.